The van der Waals surface area contributed by atoms with E-state index in [1.165, 1.54) is 0 Å². The number of fused-ring (bicyclic) bond motifs is 3. The molecule has 1 heterocycles. The fourth-order valence-electron chi connectivity index (χ4n) is 5.39. The Morgan fingerprint density at radius 1 is 1.06 bits per heavy atom. The maximum atomic E-state index is 13.4. The number of amides is 2. The lowest BCUT2D eigenvalue weighted by Crippen LogP contribution is -2.57. The standard InChI is InChI=1S/C27H32N2O5/c1-4-13-27(3,25(32)29-14-17(2)22(15-29)24(30)31)28-26(33)34-16-23-20-11-7-5-9-18(20)19-10-6-8-12-21(19)23/h5-12,17,22-23H,4,13-16H2,1-3H3,(H,28,33)(H,30,31). The summed E-state index contributed by atoms with van der Waals surface area (Å²) in [5.41, 5.74) is 3.37. The SMILES string of the molecule is CCCC(C)(NC(=O)OCC1c2ccccc2-c2ccccc21)C(=O)N1CC(C)C(C(=O)O)C1. The zero-order valence-corrected chi connectivity index (χ0v) is 19.9. The summed E-state index contributed by atoms with van der Waals surface area (Å²) in [7, 11) is 0. The molecule has 0 radical (unpaired) electrons. The number of aliphatic carboxylic acids is 1. The van der Waals surface area contributed by atoms with Gasteiger partial charge in [-0.1, -0.05) is 68.8 Å². The van der Waals surface area contributed by atoms with E-state index in [0.29, 0.717) is 19.4 Å². The molecule has 2 aliphatic rings. The summed E-state index contributed by atoms with van der Waals surface area (Å²) >= 11 is 0. The van der Waals surface area contributed by atoms with Crippen LogP contribution in [0.4, 0.5) is 4.79 Å². The van der Waals surface area contributed by atoms with Crippen LogP contribution >= 0.6 is 0 Å². The molecule has 0 saturated carbocycles. The molecule has 2 aromatic carbocycles. The minimum Gasteiger partial charge on any atom is -0.481 e. The molecule has 0 aromatic heterocycles. The van der Waals surface area contributed by atoms with Crippen molar-refractivity contribution in [1.29, 1.82) is 0 Å². The minimum atomic E-state index is -1.16. The zero-order chi connectivity index (χ0) is 24.5. The molecular weight excluding hydrogens is 432 g/mol. The molecule has 3 unspecified atom stereocenters. The van der Waals surface area contributed by atoms with E-state index < -0.39 is 23.5 Å². The monoisotopic (exact) mass is 464 g/mol. The highest BCUT2D eigenvalue weighted by atomic mass is 16.5. The van der Waals surface area contributed by atoms with Gasteiger partial charge in [0.2, 0.25) is 5.91 Å². The predicted octanol–water partition coefficient (Wildman–Crippen LogP) is 4.26. The van der Waals surface area contributed by atoms with Crippen LogP contribution in [0, 0.1) is 11.8 Å². The van der Waals surface area contributed by atoms with Crippen molar-refractivity contribution >= 4 is 18.0 Å². The van der Waals surface area contributed by atoms with Crippen LogP contribution in [0.1, 0.15) is 50.7 Å². The fraction of sp³-hybridized carbons (Fsp3) is 0.444. The number of alkyl carbamates (subject to hydrolysis) is 1. The van der Waals surface area contributed by atoms with Crippen molar-refractivity contribution in [1.82, 2.24) is 10.2 Å². The molecule has 180 valence electrons. The summed E-state index contributed by atoms with van der Waals surface area (Å²) in [5.74, 6) is -1.96. The van der Waals surface area contributed by atoms with Gasteiger partial charge in [-0.25, -0.2) is 4.79 Å². The number of carboxylic acid groups (broad SMARTS) is 1. The van der Waals surface area contributed by atoms with Crippen LogP contribution in [-0.4, -0.2) is 53.2 Å². The third kappa shape index (κ3) is 4.39. The van der Waals surface area contributed by atoms with E-state index in [1.807, 2.05) is 38.1 Å². The van der Waals surface area contributed by atoms with Crippen LogP contribution in [-0.2, 0) is 14.3 Å². The number of likely N-dealkylation sites (tertiary alicyclic amines) is 1. The lowest BCUT2D eigenvalue weighted by Gasteiger charge is -2.33. The van der Waals surface area contributed by atoms with Gasteiger partial charge in [0.25, 0.3) is 0 Å². The summed E-state index contributed by atoms with van der Waals surface area (Å²) in [6.45, 7) is 6.15. The molecule has 2 amide bonds. The van der Waals surface area contributed by atoms with E-state index >= 15 is 0 Å². The molecule has 34 heavy (non-hydrogen) atoms. The number of nitrogens with one attached hydrogen (secondary N) is 1. The van der Waals surface area contributed by atoms with Crippen molar-refractivity contribution in [3.8, 4) is 11.1 Å². The number of hydrogen-bond donors (Lipinski definition) is 2. The first kappa shape index (κ1) is 23.8. The van der Waals surface area contributed by atoms with Gasteiger partial charge in [0.15, 0.2) is 0 Å². The Morgan fingerprint density at radius 2 is 1.65 bits per heavy atom. The number of carbonyl (C=O) groups is 3. The highest BCUT2D eigenvalue weighted by molar-refractivity contribution is 5.90. The van der Waals surface area contributed by atoms with Gasteiger partial charge >= 0.3 is 12.1 Å². The zero-order valence-electron chi connectivity index (χ0n) is 19.9. The summed E-state index contributed by atoms with van der Waals surface area (Å²) in [5, 5.41) is 12.2. The quantitative estimate of drug-likeness (QED) is 0.638. The number of hydrogen-bond acceptors (Lipinski definition) is 4. The number of carboxylic acids is 1. The Hall–Kier alpha value is -3.35. The third-order valence-corrected chi connectivity index (χ3v) is 7.16. The summed E-state index contributed by atoms with van der Waals surface area (Å²) < 4.78 is 5.66. The lowest BCUT2D eigenvalue weighted by molar-refractivity contribution is -0.142. The normalized spacial score (nSPS) is 20.9. The average Bonchev–Trinajstić information content (AvgIpc) is 3.35. The van der Waals surface area contributed by atoms with Gasteiger partial charge in [-0.3, -0.25) is 9.59 Å². The van der Waals surface area contributed by atoms with Crippen molar-refractivity contribution in [2.24, 2.45) is 11.8 Å². The fourth-order valence-corrected chi connectivity index (χ4v) is 5.39. The van der Waals surface area contributed by atoms with Gasteiger partial charge in [-0.15, -0.1) is 0 Å². The molecule has 7 heteroatoms. The highest BCUT2D eigenvalue weighted by Gasteiger charge is 2.44. The van der Waals surface area contributed by atoms with Crippen molar-refractivity contribution in [2.45, 2.75) is 45.1 Å². The molecule has 2 N–H and O–H groups in total. The van der Waals surface area contributed by atoms with Gasteiger partial charge in [0.05, 0.1) is 5.92 Å². The Kier molecular flexibility index (Phi) is 6.64. The predicted molar refractivity (Wildman–Crippen MR) is 128 cm³/mol. The van der Waals surface area contributed by atoms with E-state index in [2.05, 4.69) is 29.6 Å². The molecular formula is C27H32N2O5. The largest absolute Gasteiger partial charge is 0.481 e. The second-order valence-electron chi connectivity index (χ2n) is 9.66. The lowest BCUT2D eigenvalue weighted by atomic mass is 9.94. The number of benzene rings is 2. The second-order valence-corrected chi connectivity index (χ2v) is 9.66. The maximum Gasteiger partial charge on any atom is 0.408 e. The Labute approximate surface area is 200 Å². The van der Waals surface area contributed by atoms with Crippen molar-refractivity contribution in [3.05, 3.63) is 59.7 Å². The van der Waals surface area contributed by atoms with Gasteiger partial charge in [0.1, 0.15) is 12.1 Å². The first-order chi connectivity index (χ1) is 16.2. The minimum absolute atomic E-state index is 0.0676. The van der Waals surface area contributed by atoms with E-state index in [1.54, 1.807) is 11.8 Å². The smallest absolute Gasteiger partial charge is 0.408 e. The first-order valence-corrected chi connectivity index (χ1v) is 11.9. The van der Waals surface area contributed by atoms with E-state index in [-0.39, 0.29) is 30.9 Å². The summed E-state index contributed by atoms with van der Waals surface area (Å²) in [6, 6.07) is 16.2. The number of ether oxygens (including phenoxy) is 1. The third-order valence-electron chi connectivity index (χ3n) is 7.16. The van der Waals surface area contributed by atoms with Gasteiger partial charge in [0, 0.05) is 19.0 Å². The van der Waals surface area contributed by atoms with Crippen molar-refractivity contribution in [3.63, 3.8) is 0 Å². The van der Waals surface area contributed by atoms with Crippen molar-refractivity contribution < 1.29 is 24.2 Å². The van der Waals surface area contributed by atoms with Crippen LogP contribution in [0.25, 0.3) is 11.1 Å². The van der Waals surface area contributed by atoms with Crippen LogP contribution in [0.15, 0.2) is 48.5 Å². The average molecular weight is 465 g/mol. The van der Waals surface area contributed by atoms with Crippen LogP contribution in [0.5, 0.6) is 0 Å². The highest BCUT2D eigenvalue weighted by Crippen LogP contribution is 2.44. The van der Waals surface area contributed by atoms with E-state index in [9.17, 15) is 19.5 Å². The molecule has 0 bridgehead atoms. The number of carbonyl (C=O) groups excluding carboxylic acids is 2. The molecule has 2 aromatic rings. The van der Waals surface area contributed by atoms with Gasteiger partial charge in [-0.2, -0.15) is 0 Å². The van der Waals surface area contributed by atoms with Crippen molar-refractivity contribution in [2.75, 3.05) is 19.7 Å². The van der Waals surface area contributed by atoms with Crippen LogP contribution in [0.3, 0.4) is 0 Å². The first-order valence-electron chi connectivity index (χ1n) is 11.9. The molecule has 4 rings (SSSR count). The Morgan fingerprint density at radius 3 is 2.18 bits per heavy atom. The number of rotatable bonds is 7. The molecule has 1 aliphatic heterocycles. The molecule has 1 aliphatic carbocycles. The Balaban J connectivity index is 1.45. The second kappa shape index (κ2) is 9.49. The molecule has 0 spiro atoms. The Bertz CT molecular complexity index is 1050. The van der Waals surface area contributed by atoms with Gasteiger partial charge in [-0.05, 0) is 41.5 Å². The molecule has 1 fully saturated rings. The molecule has 1 saturated heterocycles. The summed E-state index contributed by atoms with van der Waals surface area (Å²) in [6.07, 6.45) is 0.462. The summed E-state index contributed by atoms with van der Waals surface area (Å²) in [4.78, 5) is 39.3. The van der Waals surface area contributed by atoms with E-state index in [4.69, 9.17) is 4.74 Å². The molecule has 7 nitrogen and oxygen atoms in total. The van der Waals surface area contributed by atoms with E-state index in [0.717, 1.165) is 22.3 Å². The molecule has 3 atom stereocenters. The number of nitrogens with zero attached hydrogens (tertiary/aromatic N) is 1. The van der Waals surface area contributed by atoms with Crippen LogP contribution < -0.4 is 5.32 Å². The van der Waals surface area contributed by atoms with Gasteiger partial charge < -0.3 is 20.1 Å². The maximum absolute atomic E-state index is 13.4. The topological polar surface area (TPSA) is 95.9 Å². The van der Waals surface area contributed by atoms with Crippen LogP contribution in [0.2, 0.25) is 0 Å².